The molecular weight excluding hydrogens is 338 g/mol. The standard InChI is InChI=1S/C22H29N3O2/c1-15-6-8-18(9-7-15)11-25-17(3)20(16(2)23-25)13-24-12-19-5-4-10-22(19,14-24)21(26)27/h6-9,19H,4-5,10-14H2,1-3H3,(H,26,27)/t19-,22+/m0/s1. The Kier molecular flexibility index (Phi) is 4.58. The number of rotatable bonds is 5. The van der Waals surface area contributed by atoms with Gasteiger partial charge in [-0.15, -0.1) is 0 Å². The molecule has 2 aromatic rings. The van der Waals surface area contributed by atoms with Crippen LogP contribution in [0.4, 0.5) is 0 Å². The fraction of sp³-hybridized carbons (Fsp3) is 0.545. The van der Waals surface area contributed by atoms with Crippen molar-refractivity contribution in [1.82, 2.24) is 14.7 Å². The first-order chi connectivity index (χ1) is 12.9. The van der Waals surface area contributed by atoms with Crippen LogP contribution in [0.25, 0.3) is 0 Å². The Morgan fingerprint density at radius 1 is 1.22 bits per heavy atom. The molecule has 0 amide bonds. The number of nitrogens with zero attached hydrogens (tertiary/aromatic N) is 3. The molecule has 1 aromatic heterocycles. The molecule has 5 heteroatoms. The molecule has 2 fully saturated rings. The van der Waals surface area contributed by atoms with E-state index in [1.165, 1.54) is 22.4 Å². The molecule has 1 aliphatic carbocycles. The predicted molar refractivity (Wildman–Crippen MR) is 105 cm³/mol. The molecule has 1 saturated heterocycles. The van der Waals surface area contributed by atoms with E-state index in [1.54, 1.807) is 0 Å². The van der Waals surface area contributed by atoms with E-state index < -0.39 is 11.4 Å². The number of fused-ring (bicyclic) bond motifs is 1. The van der Waals surface area contributed by atoms with Crippen molar-refractivity contribution in [3.8, 4) is 0 Å². The third kappa shape index (κ3) is 3.18. The highest BCUT2D eigenvalue weighted by Gasteiger charge is 2.54. The number of carboxylic acids is 1. The van der Waals surface area contributed by atoms with E-state index in [4.69, 9.17) is 5.10 Å². The maximum absolute atomic E-state index is 11.9. The summed E-state index contributed by atoms with van der Waals surface area (Å²) in [6.07, 6.45) is 2.93. The van der Waals surface area contributed by atoms with Crippen molar-refractivity contribution >= 4 is 5.97 Å². The number of carboxylic acid groups (broad SMARTS) is 1. The van der Waals surface area contributed by atoms with Crippen LogP contribution in [0.2, 0.25) is 0 Å². The largest absolute Gasteiger partial charge is 0.481 e. The summed E-state index contributed by atoms with van der Waals surface area (Å²) in [5, 5.41) is 14.6. The monoisotopic (exact) mass is 367 g/mol. The molecule has 27 heavy (non-hydrogen) atoms. The highest BCUT2D eigenvalue weighted by Crippen LogP contribution is 2.49. The van der Waals surface area contributed by atoms with Gasteiger partial charge in [-0.3, -0.25) is 14.4 Å². The molecule has 4 rings (SSSR count). The van der Waals surface area contributed by atoms with Crippen molar-refractivity contribution < 1.29 is 9.90 Å². The summed E-state index contributed by atoms with van der Waals surface area (Å²) in [4.78, 5) is 14.3. The highest BCUT2D eigenvalue weighted by molar-refractivity contribution is 5.76. The third-order valence-corrected chi connectivity index (χ3v) is 6.73. The highest BCUT2D eigenvalue weighted by atomic mass is 16.4. The maximum atomic E-state index is 11.9. The quantitative estimate of drug-likeness (QED) is 0.878. The SMILES string of the molecule is Cc1ccc(Cn2nc(C)c(CN3C[C@@H]4CCC[C@@]4(C(=O)O)C3)c2C)cc1. The van der Waals surface area contributed by atoms with Crippen LogP contribution in [0.5, 0.6) is 0 Å². The predicted octanol–water partition coefficient (Wildman–Crippen LogP) is 3.54. The van der Waals surface area contributed by atoms with Crippen LogP contribution in [0.3, 0.4) is 0 Å². The second kappa shape index (κ2) is 6.79. The topological polar surface area (TPSA) is 58.4 Å². The van der Waals surface area contributed by atoms with Crippen molar-refractivity contribution in [3.63, 3.8) is 0 Å². The van der Waals surface area contributed by atoms with Crippen LogP contribution in [0, 0.1) is 32.1 Å². The van der Waals surface area contributed by atoms with E-state index in [0.717, 1.165) is 44.6 Å². The fourth-order valence-electron chi connectivity index (χ4n) is 5.07. The van der Waals surface area contributed by atoms with Gasteiger partial charge in [0, 0.05) is 30.9 Å². The summed E-state index contributed by atoms with van der Waals surface area (Å²) >= 11 is 0. The smallest absolute Gasteiger partial charge is 0.311 e. The van der Waals surface area contributed by atoms with Gasteiger partial charge in [-0.2, -0.15) is 5.10 Å². The van der Waals surface area contributed by atoms with Gasteiger partial charge in [-0.1, -0.05) is 36.2 Å². The lowest BCUT2D eigenvalue weighted by atomic mass is 9.81. The van der Waals surface area contributed by atoms with Crippen molar-refractivity contribution in [3.05, 3.63) is 52.3 Å². The summed E-state index contributed by atoms with van der Waals surface area (Å²) < 4.78 is 2.08. The van der Waals surface area contributed by atoms with Crippen LogP contribution in [0.1, 0.15) is 47.3 Å². The summed E-state index contributed by atoms with van der Waals surface area (Å²) in [5.74, 6) is -0.297. The fourth-order valence-corrected chi connectivity index (χ4v) is 5.07. The van der Waals surface area contributed by atoms with Gasteiger partial charge >= 0.3 is 5.97 Å². The average molecular weight is 367 g/mol. The second-order valence-electron chi connectivity index (χ2n) is 8.51. The third-order valence-electron chi connectivity index (χ3n) is 6.73. The second-order valence-corrected chi connectivity index (χ2v) is 8.51. The molecule has 1 N–H and O–H groups in total. The molecule has 0 unspecified atom stereocenters. The van der Waals surface area contributed by atoms with E-state index in [2.05, 4.69) is 54.6 Å². The molecule has 0 spiro atoms. The number of carbonyl (C=O) groups is 1. The average Bonchev–Trinajstić information content (AvgIpc) is 3.25. The van der Waals surface area contributed by atoms with E-state index in [9.17, 15) is 9.90 Å². The number of aryl methyl sites for hydroxylation is 2. The Labute approximate surface area is 161 Å². The lowest BCUT2D eigenvalue weighted by Crippen LogP contribution is -2.35. The minimum atomic E-state index is -0.601. The summed E-state index contributed by atoms with van der Waals surface area (Å²) in [6, 6.07) is 8.58. The molecule has 0 radical (unpaired) electrons. The number of benzene rings is 1. The summed E-state index contributed by atoms with van der Waals surface area (Å²) in [7, 11) is 0. The first kappa shape index (κ1) is 18.2. The summed E-state index contributed by atoms with van der Waals surface area (Å²) in [5.41, 5.74) is 5.50. The maximum Gasteiger partial charge on any atom is 0.311 e. The molecular formula is C22H29N3O2. The zero-order valence-electron chi connectivity index (χ0n) is 16.5. The molecule has 1 saturated carbocycles. The molecule has 144 valence electrons. The Morgan fingerprint density at radius 2 is 1.96 bits per heavy atom. The van der Waals surface area contributed by atoms with E-state index >= 15 is 0 Å². The first-order valence-electron chi connectivity index (χ1n) is 9.93. The van der Waals surface area contributed by atoms with Gasteiger partial charge in [0.15, 0.2) is 0 Å². The number of likely N-dealkylation sites (tertiary alicyclic amines) is 1. The minimum Gasteiger partial charge on any atom is -0.481 e. The van der Waals surface area contributed by atoms with Gasteiger partial charge in [-0.25, -0.2) is 0 Å². The van der Waals surface area contributed by atoms with Crippen LogP contribution < -0.4 is 0 Å². The molecule has 2 atom stereocenters. The summed E-state index contributed by atoms with van der Waals surface area (Å²) in [6.45, 7) is 9.45. The minimum absolute atomic E-state index is 0.304. The molecule has 0 bridgehead atoms. The number of hydrogen-bond acceptors (Lipinski definition) is 3. The molecule has 1 aromatic carbocycles. The lowest BCUT2D eigenvalue weighted by Gasteiger charge is -2.23. The molecule has 2 heterocycles. The van der Waals surface area contributed by atoms with Crippen molar-refractivity contribution in [1.29, 1.82) is 0 Å². The van der Waals surface area contributed by atoms with E-state index in [-0.39, 0.29) is 0 Å². The number of aromatic nitrogens is 2. The molecule has 1 aliphatic heterocycles. The van der Waals surface area contributed by atoms with Crippen LogP contribution >= 0.6 is 0 Å². The van der Waals surface area contributed by atoms with Gasteiger partial charge < -0.3 is 5.11 Å². The van der Waals surface area contributed by atoms with Gasteiger partial charge in [0.25, 0.3) is 0 Å². The first-order valence-corrected chi connectivity index (χ1v) is 9.93. The van der Waals surface area contributed by atoms with Crippen LogP contribution in [-0.4, -0.2) is 38.8 Å². The molecule has 5 nitrogen and oxygen atoms in total. The Morgan fingerprint density at radius 3 is 2.63 bits per heavy atom. The normalized spacial score (nSPS) is 25.1. The van der Waals surface area contributed by atoms with Gasteiger partial charge in [0.05, 0.1) is 17.7 Å². The Hall–Kier alpha value is -2.14. The van der Waals surface area contributed by atoms with E-state index in [1.807, 2.05) is 0 Å². The van der Waals surface area contributed by atoms with E-state index in [0.29, 0.717) is 12.5 Å². The lowest BCUT2D eigenvalue weighted by molar-refractivity contribution is -0.149. The van der Waals surface area contributed by atoms with Crippen LogP contribution in [0.15, 0.2) is 24.3 Å². The van der Waals surface area contributed by atoms with Crippen molar-refractivity contribution in [2.24, 2.45) is 11.3 Å². The zero-order chi connectivity index (χ0) is 19.2. The number of hydrogen-bond donors (Lipinski definition) is 1. The van der Waals surface area contributed by atoms with Crippen LogP contribution in [-0.2, 0) is 17.9 Å². The zero-order valence-corrected chi connectivity index (χ0v) is 16.5. The molecule has 2 aliphatic rings. The van der Waals surface area contributed by atoms with Gasteiger partial charge in [-0.05, 0) is 45.1 Å². The van der Waals surface area contributed by atoms with Crippen molar-refractivity contribution in [2.45, 2.75) is 53.1 Å². The van der Waals surface area contributed by atoms with Gasteiger partial charge in [0.2, 0.25) is 0 Å². The Balaban J connectivity index is 1.51. The number of aliphatic carboxylic acids is 1. The van der Waals surface area contributed by atoms with Crippen molar-refractivity contribution in [2.75, 3.05) is 13.1 Å². The van der Waals surface area contributed by atoms with Gasteiger partial charge in [0.1, 0.15) is 0 Å². The Bertz CT molecular complexity index is 855.